The summed E-state index contributed by atoms with van der Waals surface area (Å²) in [6.45, 7) is 2.15. The lowest BCUT2D eigenvalue weighted by atomic mass is 9.95. The Balaban J connectivity index is 1.58. The van der Waals surface area contributed by atoms with Crippen LogP contribution in [0.4, 0.5) is 18.9 Å². The van der Waals surface area contributed by atoms with Crippen molar-refractivity contribution in [3.63, 3.8) is 0 Å². The fourth-order valence-electron chi connectivity index (χ4n) is 3.30. The van der Waals surface area contributed by atoms with Crippen LogP contribution in [0.1, 0.15) is 24.0 Å². The summed E-state index contributed by atoms with van der Waals surface area (Å²) in [7, 11) is 0. The highest BCUT2D eigenvalue weighted by Gasteiger charge is 2.35. The van der Waals surface area contributed by atoms with Gasteiger partial charge in [0.05, 0.1) is 11.3 Å². The lowest BCUT2D eigenvalue weighted by Crippen LogP contribution is -2.38. The summed E-state index contributed by atoms with van der Waals surface area (Å²) in [5.41, 5.74) is -0.0673. The highest BCUT2D eigenvalue weighted by Crippen LogP contribution is 2.37. The molecule has 150 valence electrons. The molecule has 1 fully saturated rings. The van der Waals surface area contributed by atoms with Gasteiger partial charge in [-0.1, -0.05) is 35.3 Å². The first kappa shape index (κ1) is 21.0. The normalized spacial score (nSPS) is 16.2. The first-order valence-electron chi connectivity index (χ1n) is 8.87. The molecule has 1 amide bonds. The van der Waals surface area contributed by atoms with Gasteiger partial charge in [-0.15, -0.1) is 0 Å². The number of hydrogen-bond donors (Lipinski definition) is 1. The van der Waals surface area contributed by atoms with Crippen LogP contribution in [-0.2, 0) is 17.5 Å². The van der Waals surface area contributed by atoms with Crippen LogP contribution in [0.2, 0.25) is 10.0 Å². The summed E-state index contributed by atoms with van der Waals surface area (Å²) >= 11 is 11.6. The molecule has 1 aliphatic rings. The Labute approximate surface area is 171 Å². The number of carbonyl (C=O) groups is 1. The number of piperidine rings is 1. The molecular formula is C20H19Cl2F3N2O. The van der Waals surface area contributed by atoms with Crippen molar-refractivity contribution < 1.29 is 18.0 Å². The number of likely N-dealkylation sites (tertiary alicyclic amines) is 1. The summed E-state index contributed by atoms with van der Waals surface area (Å²) in [6, 6.07) is 10.9. The predicted molar refractivity (Wildman–Crippen MR) is 105 cm³/mol. The van der Waals surface area contributed by atoms with Crippen molar-refractivity contribution in [2.24, 2.45) is 5.92 Å². The van der Waals surface area contributed by atoms with Crippen LogP contribution in [-0.4, -0.2) is 23.9 Å². The average Bonchev–Trinajstić information content (AvgIpc) is 2.65. The van der Waals surface area contributed by atoms with Crippen LogP contribution in [0, 0.1) is 5.92 Å². The Hall–Kier alpha value is -1.76. The molecule has 1 saturated heterocycles. The largest absolute Gasteiger partial charge is 0.418 e. The quantitative estimate of drug-likeness (QED) is 0.658. The standard InChI is InChI=1S/C20H19Cl2F3N2O/c21-15-3-1-13(2-4-15)12-27-9-7-14(8-10-27)19(28)26-18-6-5-16(22)11-17(18)20(23,24)25/h1-6,11,14H,7-10,12H2,(H,26,28). The van der Waals surface area contributed by atoms with Crippen molar-refractivity contribution in [3.8, 4) is 0 Å². The number of halogens is 5. The summed E-state index contributed by atoms with van der Waals surface area (Å²) in [5.74, 6) is -0.711. The highest BCUT2D eigenvalue weighted by molar-refractivity contribution is 6.31. The topological polar surface area (TPSA) is 32.3 Å². The third-order valence-electron chi connectivity index (χ3n) is 4.82. The summed E-state index contributed by atoms with van der Waals surface area (Å²) < 4.78 is 39.5. The molecule has 0 radical (unpaired) electrons. The van der Waals surface area contributed by atoms with Gasteiger partial charge in [0, 0.05) is 22.5 Å². The van der Waals surface area contributed by atoms with E-state index in [2.05, 4.69) is 10.2 Å². The molecule has 0 saturated carbocycles. The van der Waals surface area contributed by atoms with E-state index in [0.29, 0.717) is 31.0 Å². The first-order valence-corrected chi connectivity index (χ1v) is 9.62. The van der Waals surface area contributed by atoms with E-state index in [0.717, 1.165) is 18.2 Å². The number of carbonyl (C=O) groups excluding carboxylic acids is 1. The van der Waals surface area contributed by atoms with Gasteiger partial charge in [0.15, 0.2) is 0 Å². The van der Waals surface area contributed by atoms with Crippen molar-refractivity contribution in [1.29, 1.82) is 0 Å². The fourth-order valence-corrected chi connectivity index (χ4v) is 3.59. The van der Waals surface area contributed by atoms with E-state index in [-0.39, 0.29) is 22.5 Å². The van der Waals surface area contributed by atoms with Crippen molar-refractivity contribution in [2.75, 3.05) is 18.4 Å². The number of hydrogen-bond acceptors (Lipinski definition) is 2. The maximum atomic E-state index is 13.2. The van der Waals surface area contributed by atoms with Gasteiger partial charge >= 0.3 is 6.18 Å². The molecule has 0 spiro atoms. The average molecular weight is 431 g/mol. The molecule has 2 aromatic carbocycles. The Bertz CT molecular complexity index is 832. The van der Waals surface area contributed by atoms with Gasteiger partial charge in [0.25, 0.3) is 0 Å². The van der Waals surface area contributed by atoms with Crippen LogP contribution in [0.15, 0.2) is 42.5 Å². The summed E-state index contributed by atoms with van der Waals surface area (Å²) in [6.07, 6.45) is -3.40. The van der Waals surface area contributed by atoms with Crippen LogP contribution >= 0.6 is 23.2 Å². The molecule has 0 atom stereocenters. The second-order valence-corrected chi connectivity index (χ2v) is 7.73. The van der Waals surface area contributed by atoms with Gasteiger partial charge in [-0.25, -0.2) is 0 Å². The smallest absolute Gasteiger partial charge is 0.325 e. The number of benzene rings is 2. The predicted octanol–water partition coefficient (Wildman–Crippen LogP) is 5.86. The number of rotatable bonds is 4. The summed E-state index contributed by atoms with van der Waals surface area (Å²) in [4.78, 5) is 14.7. The number of nitrogens with one attached hydrogen (secondary N) is 1. The number of alkyl halides is 3. The van der Waals surface area contributed by atoms with Gasteiger partial charge < -0.3 is 5.32 Å². The number of amides is 1. The maximum absolute atomic E-state index is 13.2. The monoisotopic (exact) mass is 430 g/mol. The molecule has 1 N–H and O–H groups in total. The molecule has 0 aromatic heterocycles. The van der Waals surface area contributed by atoms with Crippen molar-refractivity contribution in [1.82, 2.24) is 4.90 Å². The van der Waals surface area contributed by atoms with Gasteiger partial charge in [0.1, 0.15) is 0 Å². The van der Waals surface area contributed by atoms with E-state index in [1.807, 2.05) is 24.3 Å². The third-order valence-corrected chi connectivity index (χ3v) is 5.31. The minimum Gasteiger partial charge on any atom is -0.325 e. The Morgan fingerprint density at radius 1 is 1.04 bits per heavy atom. The minimum atomic E-state index is -4.59. The molecule has 3 nitrogen and oxygen atoms in total. The second-order valence-electron chi connectivity index (χ2n) is 6.85. The Morgan fingerprint density at radius 3 is 2.25 bits per heavy atom. The molecular weight excluding hydrogens is 412 g/mol. The van der Waals surface area contributed by atoms with Crippen LogP contribution < -0.4 is 5.32 Å². The Kier molecular flexibility index (Phi) is 6.53. The van der Waals surface area contributed by atoms with E-state index in [9.17, 15) is 18.0 Å². The lowest BCUT2D eigenvalue weighted by Gasteiger charge is -2.31. The Morgan fingerprint density at radius 2 is 1.64 bits per heavy atom. The molecule has 28 heavy (non-hydrogen) atoms. The molecule has 0 unspecified atom stereocenters. The van der Waals surface area contributed by atoms with E-state index in [1.165, 1.54) is 12.1 Å². The van der Waals surface area contributed by atoms with Crippen LogP contribution in [0.25, 0.3) is 0 Å². The van der Waals surface area contributed by atoms with Gasteiger partial charge in [-0.3, -0.25) is 9.69 Å². The number of nitrogens with zero attached hydrogens (tertiary/aromatic N) is 1. The zero-order valence-electron chi connectivity index (χ0n) is 14.9. The van der Waals surface area contributed by atoms with Crippen molar-refractivity contribution >= 4 is 34.8 Å². The van der Waals surface area contributed by atoms with E-state index in [1.54, 1.807) is 0 Å². The maximum Gasteiger partial charge on any atom is 0.418 e. The molecule has 1 aliphatic heterocycles. The summed E-state index contributed by atoms with van der Waals surface area (Å²) in [5, 5.41) is 3.09. The first-order chi connectivity index (χ1) is 13.2. The van der Waals surface area contributed by atoms with E-state index < -0.39 is 11.7 Å². The van der Waals surface area contributed by atoms with E-state index in [4.69, 9.17) is 23.2 Å². The van der Waals surface area contributed by atoms with Gasteiger partial charge in [0.2, 0.25) is 5.91 Å². The minimum absolute atomic E-state index is 0.0270. The van der Waals surface area contributed by atoms with Crippen LogP contribution in [0.3, 0.4) is 0 Å². The van der Waals surface area contributed by atoms with Crippen molar-refractivity contribution in [2.45, 2.75) is 25.6 Å². The zero-order valence-corrected chi connectivity index (χ0v) is 16.4. The molecule has 1 heterocycles. The molecule has 2 aromatic rings. The third kappa shape index (κ3) is 5.40. The zero-order chi connectivity index (χ0) is 20.3. The second kappa shape index (κ2) is 8.72. The van der Waals surface area contributed by atoms with Crippen LogP contribution in [0.5, 0.6) is 0 Å². The number of anilines is 1. The molecule has 3 rings (SSSR count). The highest BCUT2D eigenvalue weighted by atomic mass is 35.5. The lowest BCUT2D eigenvalue weighted by molar-refractivity contribution is -0.137. The van der Waals surface area contributed by atoms with Gasteiger partial charge in [-0.05, 0) is 61.8 Å². The molecule has 0 aliphatic carbocycles. The fraction of sp³-hybridized carbons (Fsp3) is 0.350. The van der Waals surface area contributed by atoms with Crippen molar-refractivity contribution in [3.05, 3.63) is 63.6 Å². The SMILES string of the molecule is O=C(Nc1ccc(Cl)cc1C(F)(F)F)C1CCN(Cc2ccc(Cl)cc2)CC1. The molecule has 0 bridgehead atoms. The molecule has 8 heteroatoms. The van der Waals surface area contributed by atoms with Gasteiger partial charge in [-0.2, -0.15) is 13.2 Å². The van der Waals surface area contributed by atoms with E-state index >= 15 is 0 Å².